The van der Waals surface area contributed by atoms with Crippen molar-refractivity contribution in [1.82, 2.24) is 4.98 Å². The molecule has 0 fully saturated rings. The fourth-order valence-electron chi connectivity index (χ4n) is 0.617. The third-order valence-electron chi connectivity index (χ3n) is 1.19. The van der Waals surface area contributed by atoms with Crippen molar-refractivity contribution in [3.8, 4) is 0 Å². The maximum atomic E-state index is 5.78. The molecule has 0 unspecified atom stereocenters. The number of aromatic nitrogens is 1. The zero-order valence-corrected chi connectivity index (χ0v) is 6.16. The van der Waals surface area contributed by atoms with Crippen LogP contribution in [-0.2, 0) is 0 Å². The Balaban J connectivity index is 3.25. The molecule has 9 heavy (non-hydrogen) atoms. The highest BCUT2D eigenvalue weighted by Gasteiger charge is 1.96. The summed E-state index contributed by atoms with van der Waals surface area (Å²) in [6, 6.07) is 2.90. The average Bonchev–Trinajstić information content (AvgIpc) is 1.83. The Morgan fingerprint density at radius 1 is 1.56 bits per heavy atom. The summed E-state index contributed by atoms with van der Waals surface area (Å²) in [5.41, 5.74) is 1.83. The van der Waals surface area contributed by atoms with Crippen LogP contribution in [0.1, 0.15) is 11.3 Å². The van der Waals surface area contributed by atoms with Crippen LogP contribution in [0, 0.1) is 19.9 Å². The Bertz CT molecular complexity index is 200. The van der Waals surface area contributed by atoms with E-state index in [9.17, 15) is 0 Å². The summed E-state index contributed by atoms with van der Waals surface area (Å²) in [7, 11) is 0. The van der Waals surface area contributed by atoms with Gasteiger partial charge in [0.05, 0.1) is 10.7 Å². The van der Waals surface area contributed by atoms with Gasteiger partial charge in [0, 0.05) is 12.3 Å². The fraction of sp³-hybridized carbons (Fsp3) is 0.286. The van der Waals surface area contributed by atoms with Crippen molar-refractivity contribution < 1.29 is 0 Å². The molecule has 0 aromatic carbocycles. The summed E-state index contributed by atoms with van der Waals surface area (Å²) in [6.07, 6.45) is 1.64. The first kappa shape index (κ1) is 6.56. The molecule has 0 aliphatic heterocycles. The molecule has 0 atom stereocenters. The summed E-state index contributed by atoms with van der Waals surface area (Å²) >= 11 is 5.78. The third kappa shape index (κ3) is 1.22. The molecule has 1 heterocycles. The Hall–Kier alpha value is -0.560. The van der Waals surface area contributed by atoms with Crippen LogP contribution < -0.4 is 0 Å². The van der Waals surface area contributed by atoms with Crippen LogP contribution in [0.3, 0.4) is 0 Å². The van der Waals surface area contributed by atoms with E-state index < -0.39 is 0 Å². The molecule has 0 N–H and O–H groups in total. The second-order valence-corrected chi connectivity index (χ2v) is 2.30. The quantitative estimate of drug-likeness (QED) is 0.538. The van der Waals surface area contributed by atoms with E-state index in [-0.39, 0.29) is 0 Å². The smallest absolute Gasteiger partial charge is 0.0653 e. The topological polar surface area (TPSA) is 12.9 Å². The SMILES string of the molecule is Cc1[c]cnc(C)c1Cl. The molecule has 0 saturated heterocycles. The fourth-order valence-corrected chi connectivity index (χ4v) is 0.721. The lowest BCUT2D eigenvalue weighted by Crippen LogP contribution is -1.83. The molecule has 1 rings (SSSR count). The lowest BCUT2D eigenvalue weighted by atomic mass is 10.2. The maximum absolute atomic E-state index is 5.78. The van der Waals surface area contributed by atoms with Gasteiger partial charge in [-0.25, -0.2) is 0 Å². The van der Waals surface area contributed by atoms with Gasteiger partial charge >= 0.3 is 0 Å². The van der Waals surface area contributed by atoms with Crippen molar-refractivity contribution in [2.24, 2.45) is 0 Å². The molecule has 0 saturated carbocycles. The molecule has 0 aliphatic rings. The number of hydrogen-bond acceptors (Lipinski definition) is 1. The summed E-state index contributed by atoms with van der Waals surface area (Å²) in [5.74, 6) is 0. The van der Waals surface area contributed by atoms with E-state index in [0.717, 1.165) is 16.3 Å². The molecule has 1 aromatic rings. The first-order chi connectivity index (χ1) is 4.22. The van der Waals surface area contributed by atoms with Gasteiger partial charge in [0.15, 0.2) is 0 Å². The predicted octanol–water partition coefficient (Wildman–Crippen LogP) is 2.15. The van der Waals surface area contributed by atoms with Gasteiger partial charge in [-0.05, 0) is 19.4 Å². The summed E-state index contributed by atoms with van der Waals surface area (Å²) < 4.78 is 0. The molecule has 1 aromatic heterocycles. The molecule has 2 heteroatoms. The Labute approximate surface area is 59.7 Å². The summed E-state index contributed by atoms with van der Waals surface area (Å²) in [5, 5.41) is 0.720. The minimum absolute atomic E-state index is 0.720. The van der Waals surface area contributed by atoms with Crippen molar-refractivity contribution >= 4 is 11.6 Å². The second kappa shape index (κ2) is 2.36. The maximum Gasteiger partial charge on any atom is 0.0653 e. The molecule has 0 amide bonds. The van der Waals surface area contributed by atoms with E-state index >= 15 is 0 Å². The monoisotopic (exact) mass is 140 g/mol. The lowest BCUT2D eigenvalue weighted by molar-refractivity contribution is 1.17. The highest BCUT2D eigenvalue weighted by Crippen LogP contribution is 2.15. The largest absolute Gasteiger partial charge is 0.259 e. The summed E-state index contributed by atoms with van der Waals surface area (Å²) in [6.45, 7) is 3.79. The highest BCUT2D eigenvalue weighted by molar-refractivity contribution is 6.31. The third-order valence-corrected chi connectivity index (χ3v) is 1.74. The predicted molar refractivity (Wildman–Crippen MR) is 37.6 cm³/mol. The van der Waals surface area contributed by atoms with Crippen LogP contribution in [0.15, 0.2) is 6.20 Å². The van der Waals surface area contributed by atoms with E-state index in [1.807, 2.05) is 13.8 Å². The Morgan fingerprint density at radius 2 is 2.22 bits per heavy atom. The summed E-state index contributed by atoms with van der Waals surface area (Å²) in [4.78, 5) is 3.95. The Kier molecular flexibility index (Phi) is 1.72. The van der Waals surface area contributed by atoms with Crippen LogP contribution in [0.5, 0.6) is 0 Å². The first-order valence-corrected chi connectivity index (χ1v) is 3.09. The molecule has 0 spiro atoms. The van der Waals surface area contributed by atoms with Gasteiger partial charge in [-0.1, -0.05) is 11.6 Å². The standard InChI is InChI=1S/C7H7ClN/c1-5-3-4-9-6(2)7(5)8/h4H,1-2H3. The Morgan fingerprint density at radius 3 is 2.67 bits per heavy atom. The lowest BCUT2D eigenvalue weighted by Gasteiger charge is -1.96. The van der Waals surface area contributed by atoms with Gasteiger partial charge in [0.1, 0.15) is 0 Å². The second-order valence-electron chi connectivity index (χ2n) is 1.93. The van der Waals surface area contributed by atoms with Crippen LogP contribution in [0.4, 0.5) is 0 Å². The normalized spacial score (nSPS) is 9.67. The highest BCUT2D eigenvalue weighted by atomic mass is 35.5. The van der Waals surface area contributed by atoms with Gasteiger partial charge in [-0.3, -0.25) is 4.98 Å². The van der Waals surface area contributed by atoms with Crippen LogP contribution in [0.25, 0.3) is 0 Å². The molecule has 0 bridgehead atoms. The minimum Gasteiger partial charge on any atom is -0.259 e. The van der Waals surface area contributed by atoms with E-state index in [1.54, 1.807) is 6.20 Å². The molecule has 0 aliphatic carbocycles. The van der Waals surface area contributed by atoms with E-state index in [4.69, 9.17) is 11.6 Å². The van der Waals surface area contributed by atoms with Crippen molar-refractivity contribution in [1.29, 1.82) is 0 Å². The number of nitrogens with zero attached hydrogens (tertiary/aromatic N) is 1. The molecule has 1 radical (unpaired) electrons. The number of rotatable bonds is 0. The number of pyridine rings is 1. The molecule has 1 nitrogen and oxygen atoms in total. The van der Waals surface area contributed by atoms with E-state index in [2.05, 4.69) is 11.1 Å². The zero-order valence-electron chi connectivity index (χ0n) is 5.40. The van der Waals surface area contributed by atoms with Crippen molar-refractivity contribution in [3.05, 3.63) is 28.5 Å². The molecule has 47 valence electrons. The molecular weight excluding hydrogens is 134 g/mol. The average molecular weight is 141 g/mol. The van der Waals surface area contributed by atoms with Crippen molar-refractivity contribution in [2.75, 3.05) is 0 Å². The minimum atomic E-state index is 0.720. The first-order valence-electron chi connectivity index (χ1n) is 2.71. The zero-order chi connectivity index (χ0) is 6.85. The van der Waals surface area contributed by atoms with Crippen LogP contribution in [-0.4, -0.2) is 4.98 Å². The van der Waals surface area contributed by atoms with Crippen LogP contribution >= 0.6 is 11.6 Å². The van der Waals surface area contributed by atoms with Gasteiger partial charge in [-0.2, -0.15) is 0 Å². The van der Waals surface area contributed by atoms with Crippen molar-refractivity contribution in [2.45, 2.75) is 13.8 Å². The van der Waals surface area contributed by atoms with Gasteiger partial charge in [0.25, 0.3) is 0 Å². The van der Waals surface area contributed by atoms with Crippen molar-refractivity contribution in [3.63, 3.8) is 0 Å². The molecular formula is C7H7ClN. The van der Waals surface area contributed by atoms with E-state index in [1.165, 1.54) is 0 Å². The number of hydrogen-bond donors (Lipinski definition) is 0. The number of aryl methyl sites for hydroxylation is 2. The van der Waals surface area contributed by atoms with Gasteiger partial charge < -0.3 is 0 Å². The number of halogens is 1. The van der Waals surface area contributed by atoms with E-state index in [0.29, 0.717) is 0 Å². The van der Waals surface area contributed by atoms with Crippen LogP contribution in [0.2, 0.25) is 5.02 Å². The van der Waals surface area contributed by atoms with Gasteiger partial charge in [0.2, 0.25) is 0 Å². The van der Waals surface area contributed by atoms with Gasteiger partial charge in [-0.15, -0.1) is 0 Å².